The largest absolute Gasteiger partial charge is 0.467 e. The van der Waals surface area contributed by atoms with Crippen molar-refractivity contribution in [1.82, 2.24) is 14.9 Å². The summed E-state index contributed by atoms with van der Waals surface area (Å²) in [4.78, 5) is 16.7. The molecule has 118 valence electrons. The Morgan fingerprint density at radius 1 is 1.30 bits per heavy atom. The SMILES string of the molecule is Cc1cc(C)n(Cc2cccnc2)c1C(=O)NCc1ccco1. The molecule has 1 N–H and O–H groups in total. The molecule has 3 aromatic heterocycles. The number of nitrogens with zero attached hydrogens (tertiary/aromatic N) is 2. The van der Waals surface area contributed by atoms with Gasteiger partial charge in [0.1, 0.15) is 11.5 Å². The van der Waals surface area contributed by atoms with Crippen LogP contribution in [0.5, 0.6) is 0 Å². The average Bonchev–Trinajstić information content (AvgIpc) is 3.15. The maximum absolute atomic E-state index is 12.6. The summed E-state index contributed by atoms with van der Waals surface area (Å²) in [5.74, 6) is 0.633. The fourth-order valence-corrected chi connectivity index (χ4v) is 2.69. The van der Waals surface area contributed by atoms with Gasteiger partial charge in [-0.15, -0.1) is 0 Å². The van der Waals surface area contributed by atoms with Crippen LogP contribution in [-0.2, 0) is 13.1 Å². The molecule has 5 nitrogen and oxygen atoms in total. The highest BCUT2D eigenvalue weighted by Crippen LogP contribution is 2.17. The number of carbonyl (C=O) groups is 1. The van der Waals surface area contributed by atoms with Crippen LogP contribution in [0.4, 0.5) is 0 Å². The lowest BCUT2D eigenvalue weighted by atomic mass is 10.2. The van der Waals surface area contributed by atoms with Crippen LogP contribution in [0.15, 0.2) is 53.4 Å². The summed E-state index contributed by atoms with van der Waals surface area (Å²) in [6.07, 6.45) is 5.16. The summed E-state index contributed by atoms with van der Waals surface area (Å²) in [6, 6.07) is 9.58. The molecule has 3 rings (SSSR count). The fraction of sp³-hybridized carbons (Fsp3) is 0.222. The summed E-state index contributed by atoms with van der Waals surface area (Å²) >= 11 is 0. The summed E-state index contributed by atoms with van der Waals surface area (Å²) in [6.45, 7) is 4.96. The predicted octanol–water partition coefficient (Wildman–Crippen LogP) is 3.07. The Balaban J connectivity index is 1.82. The van der Waals surface area contributed by atoms with Gasteiger partial charge in [0, 0.05) is 24.6 Å². The number of hydrogen-bond donors (Lipinski definition) is 1. The molecule has 1 amide bonds. The number of nitrogens with one attached hydrogen (secondary N) is 1. The van der Waals surface area contributed by atoms with Gasteiger partial charge in [0.2, 0.25) is 0 Å². The molecule has 0 unspecified atom stereocenters. The van der Waals surface area contributed by atoms with Crippen LogP contribution in [0.3, 0.4) is 0 Å². The Bertz CT molecular complexity index is 789. The standard InChI is InChI=1S/C18H19N3O2/c1-13-9-14(2)21(12-15-5-3-7-19-10-15)17(13)18(22)20-11-16-6-4-8-23-16/h3-10H,11-12H2,1-2H3,(H,20,22). The maximum Gasteiger partial charge on any atom is 0.268 e. The van der Waals surface area contributed by atoms with E-state index in [9.17, 15) is 4.79 Å². The summed E-state index contributed by atoms with van der Waals surface area (Å²) in [5.41, 5.74) is 3.75. The van der Waals surface area contributed by atoms with Crippen LogP contribution >= 0.6 is 0 Å². The van der Waals surface area contributed by atoms with E-state index in [0.717, 1.165) is 22.6 Å². The van der Waals surface area contributed by atoms with E-state index in [0.29, 0.717) is 18.8 Å². The van der Waals surface area contributed by atoms with E-state index in [-0.39, 0.29) is 5.91 Å². The van der Waals surface area contributed by atoms with Crippen LogP contribution in [0, 0.1) is 13.8 Å². The van der Waals surface area contributed by atoms with Crippen LogP contribution < -0.4 is 5.32 Å². The molecule has 0 aliphatic rings. The van der Waals surface area contributed by atoms with E-state index in [4.69, 9.17) is 4.42 Å². The first-order chi connectivity index (χ1) is 11.1. The van der Waals surface area contributed by atoms with Gasteiger partial charge in [0.15, 0.2) is 0 Å². The third kappa shape index (κ3) is 3.34. The predicted molar refractivity (Wildman–Crippen MR) is 87.1 cm³/mol. The molecule has 0 saturated carbocycles. The third-order valence-corrected chi connectivity index (χ3v) is 3.78. The zero-order valence-electron chi connectivity index (χ0n) is 13.2. The van der Waals surface area contributed by atoms with Crippen LogP contribution in [-0.4, -0.2) is 15.5 Å². The molecule has 0 radical (unpaired) electrons. The minimum absolute atomic E-state index is 0.101. The van der Waals surface area contributed by atoms with E-state index in [1.165, 1.54) is 0 Å². The van der Waals surface area contributed by atoms with Crippen LogP contribution in [0.25, 0.3) is 0 Å². The second kappa shape index (κ2) is 6.52. The normalized spacial score (nSPS) is 10.7. The smallest absolute Gasteiger partial charge is 0.268 e. The second-order valence-corrected chi connectivity index (χ2v) is 5.53. The lowest BCUT2D eigenvalue weighted by Gasteiger charge is -2.12. The molecule has 0 aliphatic carbocycles. The zero-order valence-corrected chi connectivity index (χ0v) is 13.2. The molecule has 0 saturated heterocycles. The Morgan fingerprint density at radius 3 is 2.87 bits per heavy atom. The lowest BCUT2D eigenvalue weighted by molar-refractivity contribution is 0.0938. The highest BCUT2D eigenvalue weighted by molar-refractivity contribution is 5.94. The quantitative estimate of drug-likeness (QED) is 0.788. The van der Waals surface area contributed by atoms with Crippen molar-refractivity contribution in [3.63, 3.8) is 0 Å². The monoisotopic (exact) mass is 309 g/mol. The molecule has 0 bridgehead atoms. The maximum atomic E-state index is 12.6. The topological polar surface area (TPSA) is 60.1 Å². The number of pyridine rings is 1. The van der Waals surface area contributed by atoms with Crippen molar-refractivity contribution in [3.8, 4) is 0 Å². The molecule has 0 aromatic carbocycles. The Morgan fingerprint density at radius 2 is 2.17 bits per heavy atom. The van der Waals surface area contributed by atoms with Crippen molar-refractivity contribution in [1.29, 1.82) is 0 Å². The fourth-order valence-electron chi connectivity index (χ4n) is 2.69. The summed E-state index contributed by atoms with van der Waals surface area (Å²) < 4.78 is 7.27. The van der Waals surface area contributed by atoms with Crippen molar-refractivity contribution < 1.29 is 9.21 Å². The molecule has 5 heteroatoms. The Hall–Kier alpha value is -2.82. The van der Waals surface area contributed by atoms with Gasteiger partial charge in [-0.25, -0.2) is 0 Å². The number of amides is 1. The second-order valence-electron chi connectivity index (χ2n) is 5.53. The van der Waals surface area contributed by atoms with Gasteiger partial charge in [-0.2, -0.15) is 0 Å². The number of aryl methyl sites for hydroxylation is 2. The highest BCUT2D eigenvalue weighted by atomic mass is 16.3. The van der Waals surface area contributed by atoms with Gasteiger partial charge in [0.25, 0.3) is 5.91 Å². The van der Waals surface area contributed by atoms with Gasteiger partial charge < -0.3 is 14.3 Å². The number of furan rings is 1. The van der Waals surface area contributed by atoms with E-state index in [2.05, 4.69) is 10.3 Å². The minimum atomic E-state index is -0.101. The van der Waals surface area contributed by atoms with E-state index >= 15 is 0 Å². The van der Waals surface area contributed by atoms with Crippen molar-refractivity contribution in [3.05, 3.63) is 77.3 Å². The van der Waals surface area contributed by atoms with Crippen molar-refractivity contribution >= 4 is 5.91 Å². The number of rotatable bonds is 5. The molecule has 3 heterocycles. The Kier molecular flexibility index (Phi) is 4.28. The number of hydrogen-bond acceptors (Lipinski definition) is 3. The summed E-state index contributed by atoms with van der Waals surface area (Å²) in [5, 5.41) is 2.91. The molecule has 3 aromatic rings. The molecule has 0 aliphatic heterocycles. The zero-order chi connectivity index (χ0) is 16.2. The number of carbonyl (C=O) groups excluding carboxylic acids is 1. The first-order valence-corrected chi connectivity index (χ1v) is 7.51. The first kappa shape index (κ1) is 15.1. The Labute approximate surface area is 135 Å². The molecule has 0 fully saturated rings. The van der Waals surface area contributed by atoms with Gasteiger partial charge in [0.05, 0.1) is 12.8 Å². The van der Waals surface area contributed by atoms with Gasteiger partial charge >= 0.3 is 0 Å². The third-order valence-electron chi connectivity index (χ3n) is 3.78. The first-order valence-electron chi connectivity index (χ1n) is 7.51. The van der Waals surface area contributed by atoms with E-state index in [1.807, 2.05) is 54.9 Å². The van der Waals surface area contributed by atoms with Gasteiger partial charge in [-0.3, -0.25) is 9.78 Å². The van der Waals surface area contributed by atoms with Crippen molar-refractivity contribution in [2.24, 2.45) is 0 Å². The molecular formula is C18H19N3O2. The lowest BCUT2D eigenvalue weighted by Crippen LogP contribution is -2.26. The molecule has 0 atom stereocenters. The number of aromatic nitrogens is 2. The average molecular weight is 309 g/mol. The molecule has 0 spiro atoms. The van der Waals surface area contributed by atoms with Gasteiger partial charge in [-0.05, 0) is 49.2 Å². The van der Waals surface area contributed by atoms with Crippen molar-refractivity contribution in [2.75, 3.05) is 0 Å². The van der Waals surface area contributed by atoms with Crippen LogP contribution in [0.2, 0.25) is 0 Å². The highest BCUT2D eigenvalue weighted by Gasteiger charge is 2.17. The van der Waals surface area contributed by atoms with E-state index < -0.39 is 0 Å². The molecule has 23 heavy (non-hydrogen) atoms. The van der Waals surface area contributed by atoms with Gasteiger partial charge in [-0.1, -0.05) is 6.07 Å². The van der Waals surface area contributed by atoms with Crippen LogP contribution in [0.1, 0.15) is 33.1 Å². The molecular weight excluding hydrogens is 290 g/mol. The summed E-state index contributed by atoms with van der Waals surface area (Å²) in [7, 11) is 0. The van der Waals surface area contributed by atoms with Crippen molar-refractivity contribution in [2.45, 2.75) is 26.9 Å². The minimum Gasteiger partial charge on any atom is -0.467 e. The van der Waals surface area contributed by atoms with E-state index in [1.54, 1.807) is 12.5 Å².